The van der Waals surface area contributed by atoms with Crippen LogP contribution in [0.5, 0.6) is 0 Å². The Kier molecular flexibility index (Phi) is 8.76. The molecule has 148 valence electrons. The van der Waals surface area contributed by atoms with Crippen LogP contribution in [-0.4, -0.2) is 59.5 Å². The minimum atomic E-state index is -1.03. The summed E-state index contributed by atoms with van der Waals surface area (Å²) in [6.45, 7) is 4.56. The van der Waals surface area contributed by atoms with Crippen molar-refractivity contribution < 1.29 is 19.4 Å². The lowest BCUT2D eigenvalue weighted by atomic mass is 9.91. The maximum absolute atomic E-state index is 12.6. The number of carbonyl (C=O) groups excluding carboxylic acids is 2. The van der Waals surface area contributed by atoms with Crippen molar-refractivity contribution in [1.29, 1.82) is 0 Å². The third-order valence-electron chi connectivity index (χ3n) is 4.14. The molecule has 11 nitrogen and oxygen atoms in total. The molecule has 1 aliphatic heterocycles. The number of nitro groups is 1. The van der Waals surface area contributed by atoms with E-state index in [1.165, 1.54) is 4.90 Å². The third-order valence-corrected chi connectivity index (χ3v) is 4.14. The van der Waals surface area contributed by atoms with Crippen LogP contribution in [-0.2, 0) is 14.3 Å². The number of hydrogen-bond donors (Lipinski definition) is 2. The number of guanidine groups is 1. The van der Waals surface area contributed by atoms with E-state index < -0.39 is 29.0 Å². The quantitative estimate of drug-likeness (QED) is 0.156. The molecule has 0 bridgehead atoms. The Bertz CT molecular complexity index is 541. The number of amides is 1. The molecule has 11 heteroatoms. The van der Waals surface area contributed by atoms with E-state index in [-0.39, 0.29) is 25.5 Å². The molecule has 0 aliphatic carbocycles. The summed E-state index contributed by atoms with van der Waals surface area (Å²) in [6.07, 6.45) is 1.90. The second kappa shape index (κ2) is 10.5. The topological polar surface area (TPSA) is 164 Å². The second-order valence-electron chi connectivity index (χ2n) is 6.26. The number of rotatable bonds is 8. The van der Waals surface area contributed by atoms with E-state index in [0.29, 0.717) is 25.3 Å². The number of nitrogens with zero attached hydrogens (tertiary/aromatic N) is 3. The molecular formula is C15H27N6O5-. The van der Waals surface area contributed by atoms with Crippen LogP contribution in [0.2, 0.25) is 0 Å². The zero-order valence-corrected chi connectivity index (χ0v) is 15.1. The minimum Gasteiger partial charge on any atom is -0.667 e. The van der Waals surface area contributed by atoms with Crippen molar-refractivity contribution in [1.82, 2.24) is 10.3 Å². The number of nitrogens with one attached hydrogen (secondary N) is 2. The van der Waals surface area contributed by atoms with Crippen LogP contribution in [0, 0.1) is 16.0 Å². The molecule has 0 aromatic carbocycles. The molecule has 1 heterocycles. The monoisotopic (exact) mass is 371 g/mol. The van der Waals surface area contributed by atoms with Crippen molar-refractivity contribution in [2.45, 2.75) is 51.6 Å². The highest BCUT2D eigenvalue weighted by Crippen LogP contribution is 2.25. The van der Waals surface area contributed by atoms with Crippen molar-refractivity contribution in [2.24, 2.45) is 16.6 Å². The second-order valence-corrected chi connectivity index (χ2v) is 6.26. The van der Waals surface area contributed by atoms with Gasteiger partial charge in [0.1, 0.15) is 6.04 Å². The summed E-state index contributed by atoms with van der Waals surface area (Å²) in [5.41, 5.74) is 15.1. The normalized spacial score (nSPS) is 21.8. The van der Waals surface area contributed by atoms with E-state index in [9.17, 15) is 19.7 Å². The molecule has 0 radical (unpaired) electrons. The van der Waals surface area contributed by atoms with E-state index in [4.69, 9.17) is 16.2 Å². The molecule has 0 saturated carbocycles. The molecule has 0 spiro atoms. The number of aliphatic imine (C=N–C) groups is 1. The molecular weight excluding hydrogens is 344 g/mol. The average molecular weight is 371 g/mol. The number of carbonyl (C=O) groups is 2. The average Bonchev–Trinajstić information content (AvgIpc) is 2.57. The summed E-state index contributed by atoms with van der Waals surface area (Å²) in [7, 11) is 0. The maximum Gasteiger partial charge on any atom is 0.328 e. The predicted octanol–water partition coefficient (Wildman–Crippen LogP) is 0.474. The van der Waals surface area contributed by atoms with E-state index in [2.05, 4.69) is 4.99 Å². The highest BCUT2D eigenvalue weighted by Gasteiger charge is 2.35. The van der Waals surface area contributed by atoms with Crippen LogP contribution in [0.1, 0.15) is 39.5 Å². The van der Waals surface area contributed by atoms with Crippen LogP contribution in [0.25, 0.3) is 5.73 Å². The van der Waals surface area contributed by atoms with Crippen molar-refractivity contribution in [2.75, 3.05) is 19.7 Å². The summed E-state index contributed by atoms with van der Waals surface area (Å²) in [5.74, 6) is -0.850. The Morgan fingerprint density at radius 1 is 1.54 bits per heavy atom. The first-order valence-electron chi connectivity index (χ1n) is 8.65. The van der Waals surface area contributed by atoms with Crippen molar-refractivity contribution in [3.05, 3.63) is 15.8 Å². The van der Waals surface area contributed by atoms with E-state index in [1.807, 2.05) is 6.92 Å². The summed E-state index contributed by atoms with van der Waals surface area (Å²) in [6, 6.07) is -1.67. The Balaban J connectivity index is 2.56. The largest absolute Gasteiger partial charge is 0.667 e. The number of piperidine rings is 1. The lowest BCUT2D eigenvalue weighted by Gasteiger charge is -2.39. The Morgan fingerprint density at radius 3 is 2.85 bits per heavy atom. The Labute approximate surface area is 152 Å². The standard InChI is InChI=1S/C15H27N6O5/c1-3-26-14(23)12-9-10(2)6-8-20(12)13(22)11(16)5-4-7-18-15(17)19-21(24)25/h10-12,16H,3-9H2,1-2H3,(H3,17,18,19)/q-1/t10?,11-,12?/m1/s1. The van der Waals surface area contributed by atoms with Gasteiger partial charge in [-0.05, 0) is 32.1 Å². The van der Waals surface area contributed by atoms with Gasteiger partial charge in [0.25, 0.3) is 5.96 Å². The summed E-state index contributed by atoms with van der Waals surface area (Å²) in [5, 5.41) is 9.37. The molecule has 3 atom stereocenters. The SMILES string of the molecule is CCOC(=O)C1CC(C)CCN1C(=O)[C@H]([NH-])CCCN=C(N)N[N+](=O)[O-]. The van der Waals surface area contributed by atoms with Gasteiger partial charge < -0.3 is 21.1 Å². The van der Waals surface area contributed by atoms with Gasteiger partial charge in [-0.3, -0.25) is 4.79 Å². The van der Waals surface area contributed by atoms with Crippen LogP contribution in [0.4, 0.5) is 0 Å². The smallest absolute Gasteiger partial charge is 0.328 e. The molecule has 0 aromatic rings. The van der Waals surface area contributed by atoms with Gasteiger partial charge in [0.15, 0.2) is 5.03 Å². The van der Waals surface area contributed by atoms with Gasteiger partial charge >= 0.3 is 5.97 Å². The first-order chi connectivity index (χ1) is 12.3. The van der Waals surface area contributed by atoms with Crippen LogP contribution in [0.15, 0.2) is 4.99 Å². The van der Waals surface area contributed by atoms with Gasteiger partial charge in [-0.25, -0.2) is 19.9 Å². The fourth-order valence-electron chi connectivity index (χ4n) is 2.81. The number of hydrazine groups is 1. The molecule has 1 aliphatic rings. The van der Waals surface area contributed by atoms with Crippen molar-refractivity contribution in [3.63, 3.8) is 0 Å². The summed E-state index contributed by atoms with van der Waals surface area (Å²) < 4.78 is 5.06. The number of hydrogen-bond acceptors (Lipinski definition) is 6. The van der Waals surface area contributed by atoms with Crippen LogP contribution < -0.4 is 11.2 Å². The van der Waals surface area contributed by atoms with Crippen molar-refractivity contribution in [3.8, 4) is 0 Å². The fraction of sp³-hybridized carbons (Fsp3) is 0.800. The van der Waals surface area contributed by atoms with Gasteiger partial charge in [-0.1, -0.05) is 24.8 Å². The van der Waals surface area contributed by atoms with Gasteiger partial charge in [-0.15, -0.1) is 0 Å². The number of nitrogens with two attached hydrogens (primary N) is 1. The van der Waals surface area contributed by atoms with Crippen LogP contribution in [0.3, 0.4) is 0 Å². The molecule has 4 N–H and O–H groups in total. The lowest BCUT2D eigenvalue weighted by Crippen LogP contribution is -2.52. The maximum atomic E-state index is 12.6. The Hall–Kier alpha value is -2.43. The van der Waals surface area contributed by atoms with Gasteiger partial charge in [0.05, 0.1) is 6.61 Å². The van der Waals surface area contributed by atoms with Gasteiger partial charge in [-0.2, -0.15) is 0 Å². The van der Waals surface area contributed by atoms with Gasteiger partial charge in [0.2, 0.25) is 5.91 Å². The Morgan fingerprint density at radius 2 is 2.23 bits per heavy atom. The van der Waals surface area contributed by atoms with Crippen LogP contribution >= 0.6 is 0 Å². The first kappa shape index (κ1) is 21.6. The van der Waals surface area contributed by atoms with E-state index >= 15 is 0 Å². The predicted molar refractivity (Wildman–Crippen MR) is 94.5 cm³/mol. The van der Waals surface area contributed by atoms with E-state index in [0.717, 1.165) is 6.42 Å². The molecule has 26 heavy (non-hydrogen) atoms. The molecule has 1 saturated heterocycles. The molecule has 1 rings (SSSR count). The molecule has 1 fully saturated rings. The van der Waals surface area contributed by atoms with E-state index in [1.54, 1.807) is 12.3 Å². The minimum absolute atomic E-state index is 0.160. The van der Waals surface area contributed by atoms with Gasteiger partial charge in [0, 0.05) is 13.1 Å². The number of likely N-dealkylation sites (tertiary alicyclic amines) is 1. The molecule has 0 aromatic heterocycles. The molecule has 2 unspecified atom stereocenters. The van der Waals surface area contributed by atoms with Crippen molar-refractivity contribution >= 4 is 17.8 Å². The summed E-state index contributed by atoms with van der Waals surface area (Å²) in [4.78, 5) is 40.1. The summed E-state index contributed by atoms with van der Waals surface area (Å²) >= 11 is 0. The third kappa shape index (κ3) is 6.82. The zero-order chi connectivity index (χ0) is 19.7. The number of ether oxygens (including phenoxy) is 1. The fourth-order valence-corrected chi connectivity index (χ4v) is 2.81. The lowest BCUT2D eigenvalue weighted by molar-refractivity contribution is -0.525. The highest BCUT2D eigenvalue weighted by atomic mass is 16.7. The molecule has 1 amide bonds. The zero-order valence-electron chi connectivity index (χ0n) is 15.1. The highest BCUT2D eigenvalue weighted by molar-refractivity contribution is 5.88. The first-order valence-corrected chi connectivity index (χ1v) is 8.65. The number of esters is 1.